The van der Waals surface area contributed by atoms with Crippen LogP contribution < -0.4 is 10.1 Å². The van der Waals surface area contributed by atoms with Gasteiger partial charge in [0.2, 0.25) is 0 Å². The lowest BCUT2D eigenvalue weighted by molar-refractivity contribution is -0.124. The Balaban J connectivity index is 2.51. The summed E-state index contributed by atoms with van der Waals surface area (Å²) in [4.78, 5) is 11.5. The molecule has 1 aromatic carbocycles. The van der Waals surface area contributed by atoms with Crippen molar-refractivity contribution in [3.63, 3.8) is 0 Å². The van der Waals surface area contributed by atoms with Crippen molar-refractivity contribution in [3.05, 3.63) is 29.6 Å². The van der Waals surface area contributed by atoms with E-state index in [9.17, 15) is 14.3 Å². The Hall–Kier alpha value is -1.66. The van der Waals surface area contributed by atoms with E-state index in [4.69, 9.17) is 9.47 Å². The molecule has 0 aliphatic carbocycles. The number of hydrogen-bond donors (Lipinski definition) is 2. The van der Waals surface area contributed by atoms with Crippen LogP contribution in [-0.2, 0) is 9.53 Å². The molecule has 2 N–H and O–H groups in total. The van der Waals surface area contributed by atoms with Crippen LogP contribution in [0, 0.1) is 5.82 Å². The summed E-state index contributed by atoms with van der Waals surface area (Å²) in [5.41, 5.74) is 0.452. The number of methoxy groups -OCH3 is 1. The summed E-state index contributed by atoms with van der Waals surface area (Å²) in [6.07, 6.45) is -0.753. The molecule has 1 unspecified atom stereocenters. The minimum atomic E-state index is -0.753. The van der Waals surface area contributed by atoms with Gasteiger partial charge in [0, 0.05) is 13.2 Å². The molecule has 0 aliphatic heterocycles. The number of carbonyl (C=O) groups is 1. The lowest BCUT2D eigenvalue weighted by atomic mass is 10.1. The van der Waals surface area contributed by atoms with Crippen molar-refractivity contribution < 1.29 is 23.8 Å². The molecule has 1 aromatic rings. The molecule has 0 fully saturated rings. The number of halogens is 1. The van der Waals surface area contributed by atoms with Crippen molar-refractivity contribution in [2.24, 2.45) is 0 Å². The van der Waals surface area contributed by atoms with Gasteiger partial charge in [-0.25, -0.2) is 4.39 Å². The summed E-state index contributed by atoms with van der Waals surface area (Å²) in [6.45, 7) is 3.45. The van der Waals surface area contributed by atoms with Crippen molar-refractivity contribution in [2.45, 2.75) is 26.0 Å². The maximum absolute atomic E-state index is 13.7. The minimum absolute atomic E-state index is 0.0241. The highest BCUT2D eigenvalue weighted by molar-refractivity contribution is 5.77. The fourth-order valence-corrected chi connectivity index (χ4v) is 1.65. The van der Waals surface area contributed by atoms with Crippen LogP contribution in [-0.4, -0.2) is 37.4 Å². The van der Waals surface area contributed by atoms with E-state index < -0.39 is 11.9 Å². The number of benzene rings is 1. The SMILES string of the molecule is COCC(C)NC(=O)COc1ccc([C@@H](C)O)cc1F. The van der Waals surface area contributed by atoms with Crippen LogP contribution in [0.5, 0.6) is 5.75 Å². The van der Waals surface area contributed by atoms with Gasteiger partial charge in [0.25, 0.3) is 5.91 Å². The Morgan fingerprint density at radius 3 is 2.70 bits per heavy atom. The average Bonchev–Trinajstić information content (AvgIpc) is 2.37. The highest BCUT2D eigenvalue weighted by atomic mass is 19.1. The molecule has 112 valence electrons. The zero-order chi connectivity index (χ0) is 15.1. The van der Waals surface area contributed by atoms with E-state index >= 15 is 0 Å². The minimum Gasteiger partial charge on any atom is -0.481 e. The van der Waals surface area contributed by atoms with Crippen LogP contribution in [0.3, 0.4) is 0 Å². The second-order valence-corrected chi connectivity index (χ2v) is 4.58. The van der Waals surface area contributed by atoms with Gasteiger partial charge in [-0.2, -0.15) is 0 Å². The summed E-state index contributed by atoms with van der Waals surface area (Å²) in [5.74, 6) is -0.987. The Labute approximate surface area is 117 Å². The van der Waals surface area contributed by atoms with Gasteiger partial charge in [-0.05, 0) is 31.5 Å². The molecule has 0 aromatic heterocycles. The lowest BCUT2D eigenvalue weighted by Gasteiger charge is -2.14. The first-order valence-electron chi connectivity index (χ1n) is 6.32. The summed E-state index contributed by atoms with van der Waals surface area (Å²) in [5, 5.41) is 12.0. The molecular weight excluding hydrogens is 265 g/mol. The van der Waals surface area contributed by atoms with Gasteiger partial charge in [0.15, 0.2) is 18.2 Å². The van der Waals surface area contributed by atoms with E-state index in [-0.39, 0.29) is 24.3 Å². The smallest absolute Gasteiger partial charge is 0.258 e. The molecule has 0 heterocycles. The van der Waals surface area contributed by atoms with Crippen LogP contribution in [0.2, 0.25) is 0 Å². The van der Waals surface area contributed by atoms with Crippen molar-refractivity contribution >= 4 is 5.91 Å². The number of aliphatic hydroxyl groups excluding tert-OH is 1. The number of amides is 1. The van der Waals surface area contributed by atoms with E-state index in [1.807, 2.05) is 0 Å². The van der Waals surface area contributed by atoms with E-state index in [0.29, 0.717) is 12.2 Å². The van der Waals surface area contributed by atoms with Gasteiger partial charge in [-0.15, -0.1) is 0 Å². The maximum Gasteiger partial charge on any atom is 0.258 e. The Morgan fingerprint density at radius 2 is 2.15 bits per heavy atom. The van der Waals surface area contributed by atoms with Crippen molar-refractivity contribution in [2.75, 3.05) is 20.3 Å². The molecule has 2 atom stereocenters. The standard InChI is InChI=1S/C14H20FNO4/c1-9(7-19-3)16-14(18)8-20-13-5-4-11(10(2)17)6-12(13)15/h4-6,9-10,17H,7-8H2,1-3H3,(H,16,18)/t9?,10-/m1/s1. The molecule has 0 radical (unpaired) electrons. The van der Waals surface area contributed by atoms with E-state index in [1.54, 1.807) is 19.9 Å². The van der Waals surface area contributed by atoms with Gasteiger partial charge in [-0.1, -0.05) is 6.07 Å². The van der Waals surface area contributed by atoms with Crippen molar-refractivity contribution in [3.8, 4) is 5.75 Å². The molecular formula is C14H20FNO4. The van der Waals surface area contributed by atoms with Crippen LogP contribution in [0.15, 0.2) is 18.2 Å². The second kappa shape index (κ2) is 7.81. The molecule has 0 saturated carbocycles. The third-order valence-electron chi connectivity index (χ3n) is 2.62. The quantitative estimate of drug-likeness (QED) is 0.795. The zero-order valence-electron chi connectivity index (χ0n) is 11.9. The lowest BCUT2D eigenvalue weighted by Crippen LogP contribution is -2.38. The highest BCUT2D eigenvalue weighted by Gasteiger charge is 2.11. The van der Waals surface area contributed by atoms with E-state index in [2.05, 4.69) is 5.32 Å². The van der Waals surface area contributed by atoms with E-state index in [1.165, 1.54) is 19.2 Å². The molecule has 5 nitrogen and oxygen atoms in total. The predicted octanol–water partition coefficient (Wildman–Crippen LogP) is 1.41. The van der Waals surface area contributed by atoms with Gasteiger partial charge >= 0.3 is 0 Å². The summed E-state index contributed by atoms with van der Waals surface area (Å²) < 4.78 is 23.6. The summed E-state index contributed by atoms with van der Waals surface area (Å²) in [6, 6.07) is 3.99. The first-order chi connectivity index (χ1) is 9.43. The molecule has 0 aliphatic rings. The number of rotatable bonds is 7. The largest absolute Gasteiger partial charge is 0.481 e. The molecule has 20 heavy (non-hydrogen) atoms. The molecule has 1 amide bonds. The molecule has 6 heteroatoms. The summed E-state index contributed by atoms with van der Waals surface area (Å²) in [7, 11) is 1.54. The molecule has 0 saturated heterocycles. The van der Waals surface area contributed by atoms with Gasteiger partial charge in [0.1, 0.15) is 0 Å². The third kappa shape index (κ3) is 5.14. The van der Waals surface area contributed by atoms with Crippen LogP contribution in [0.4, 0.5) is 4.39 Å². The fraction of sp³-hybridized carbons (Fsp3) is 0.500. The topological polar surface area (TPSA) is 67.8 Å². The van der Waals surface area contributed by atoms with Gasteiger partial charge in [-0.3, -0.25) is 4.79 Å². The van der Waals surface area contributed by atoms with Crippen molar-refractivity contribution in [1.29, 1.82) is 0 Å². The first-order valence-corrected chi connectivity index (χ1v) is 6.32. The van der Waals surface area contributed by atoms with Crippen LogP contribution in [0.1, 0.15) is 25.5 Å². The zero-order valence-corrected chi connectivity index (χ0v) is 11.9. The van der Waals surface area contributed by atoms with E-state index in [0.717, 1.165) is 0 Å². The molecule has 0 bridgehead atoms. The van der Waals surface area contributed by atoms with Gasteiger partial charge < -0.3 is 19.9 Å². The van der Waals surface area contributed by atoms with Crippen molar-refractivity contribution in [1.82, 2.24) is 5.32 Å². The number of nitrogens with one attached hydrogen (secondary N) is 1. The van der Waals surface area contributed by atoms with Crippen LogP contribution >= 0.6 is 0 Å². The number of aliphatic hydroxyl groups is 1. The number of carbonyl (C=O) groups excluding carboxylic acids is 1. The maximum atomic E-state index is 13.7. The highest BCUT2D eigenvalue weighted by Crippen LogP contribution is 2.21. The Bertz CT molecular complexity index is 451. The fourth-order valence-electron chi connectivity index (χ4n) is 1.65. The third-order valence-corrected chi connectivity index (χ3v) is 2.62. The normalized spacial score (nSPS) is 13.7. The molecule has 0 spiro atoms. The predicted molar refractivity (Wildman–Crippen MR) is 72.0 cm³/mol. The molecule has 1 rings (SSSR count). The second-order valence-electron chi connectivity index (χ2n) is 4.58. The first kappa shape index (κ1) is 16.4. The Morgan fingerprint density at radius 1 is 1.45 bits per heavy atom. The Kier molecular flexibility index (Phi) is 6.41. The van der Waals surface area contributed by atoms with Gasteiger partial charge in [0.05, 0.1) is 12.7 Å². The van der Waals surface area contributed by atoms with Crippen LogP contribution in [0.25, 0.3) is 0 Å². The average molecular weight is 285 g/mol. The monoisotopic (exact) mass is 285 g/mol. The summed E-state index contributed by atoms with van der Waals surface area (Å²) >= 11 is 0. The number of ether oxygens (including phenoxy) is 2. The number of hydrogen-bond acceptors (Lipinski definition) is 4.